The van der Waals surface area contributed by atoms with Gasteiger partial charge in [0, 0.05) is 0 Å². The van der Waals surface area contributed by atoms with E-state index >= 15 is 0 Å². The van der Waals surface area contributed by atoms with Gasteiger partial charge in [0.15, 0.2) is 0 Å². The molecule has 0 spiro atoms. The maximum Gasteiger partial charge on any atom is 0.126 e. The highest BCUT2D eigenvalue weighted by Crippen LogP contribution is 2.23. The molecule has 0 aromatic heterocycles. The van der Waals surface area contributed by atoms with Crippen LogP contribution in [0.5, 0.6) is 0 Å². The molecule has 90 valence electrons. The molecule has 0 saturated heterocycles. The molecule has 1 N–H and O–H groups in total. The maximum absolute atomic E-state index is 13.0. The summed E-state index contributed by atoms with van der Waals surface area (Å²) in [5.74, 6) is -0.167. The number of halogens is 1. The third-order valence-corrected chi connectivity index (χ3v) is 2.93. The molecule has 0 radical (unpaired) electrons. The zero-order chi connectivity index (χ0) is 12.3. The molecule has 1 unspecified atom stereocenters. The highest BCUT2D eigenvalue weighted by molar-refractivity contribution is 5.24. The number of aryl methyl sites for hydroxylation is 2. The zero-order valence-electron chi connectivity index (χ0n) is 10.5. The van der Waals surface area contributed by atoms with Crippen molar-refractivity contribution >= 4 is 0 Å². The lowest BCUT2D eigenvalue weighted by Crippen LogP contribution is -2.26. The van der Waals surface area contributed by atoms with Crippen molar-refractivity contribution in [1.82, 2.24) is 0 Å². The molecule has 2 heteroatoms. The van der Waals surface area contributed by atoms with E-state index in [1.54, 1.807) is 13.0 Å². The van der Waals surface area contributed by atoms with Crippen molar-refractivity contribution in [2.45, 2.75) is 46.6 Å². The summed E-state index contributed by atoms with van der Waals surface area (Å²) >= 11 is 0. The van der Waals surface area contributed by atoms with Crippen molar-refractivity contribution in [3.63, 3.8) is 0 Å². The van der Waals surface area contributed by atoms with Gasteiger partial charge in [0.25, 0.3) is 0 Å². The fourth-order valence-corrected chi connectivity index (χ4v) is 1.60. The summed E-state index contributed by atoms with van der Waals surface area (Å²) in [6, 6.07) is 5.14. The third-order valence-electron chi connectivity index (χ3n) is 2.93. The molecule has 1 atom stereocenters. The Labute approximate surface area is 97.3 Å². The first-order valence-electron chi connectivity index (χ1n) is 5.74. The van der Waals surface area contributed by atoms with Gasteiger partial charge in [-0.15, -0.1) is 0 Å². The first kappa shape index (κ1) is 13.2. The predicted octanol–water partition coefficient (Wildman–Crippen LogP) is 3.47. The molecule has 16 heavy (non-hydrogen) atoms. The van der Waals surface area contributed by atoms with Crippen molar-refractivity contribution in [2.24, 2.45) is 5.41 Å². The molecule has 0 heterocycles. The van der Waals surface area contributed by atoms with Gasteiger partial charge in [-0.05, 0) is 42.4 Å². The molecule has 0 aliphatic rings. The van der Waals surface area contributed by atoms with Crippen LogP contribution in [0.3, 0.4) is 0 Å². The van der Waals surface area contributed by atoms with Crippen LogP contribution < -0.4 is 0 Å². The van der Waals surface area contributed by atoms with E-state index in [9.17, 15) is 9.50 Å². The van der Waals surface area contributed by atoms with Crippen LogP contribution in [0.2, 0.25) is 0 Å². The minimum Gasteiger partial charge on any atom is -0.393 e. The fourth-order valence-electron chi connectivity index (χ4n) is 1.60. The molecule has 0 bridgehead atoms. The average molecular weight is 224 g/mol. The Morgan fingerprint density at radius 2 is 1.94 bits per heavy atom. The van der Waals surface area contributed by atoms with Crippen molar-refractivity contribution in [2.75, 3.05) is 0 Å². The fraction of sp³-hybridized carbons (Fsp3) is 0.571. The minimum atomic E-state index is -0.321. The number of hydrogen-bond donors (Lipinski definition) is 1. The number of aliphatic hydroxyl groups excluding tert-OH is 1. The van der Waals surface area contributed by atoms with Gasteiger partial charge in [0.2, 0.25) is 0 Å². The lowest BCUT2D eigenvalue weighted by molar-refractivity contribution is 0.0560. The van der Waals surface area contributed by atoms with Crippen molar-refractivity contribution in [3.8, 4) is 0 Å². The largest absolute Gasteiger partial charge is 0.393 e. The number of benzene rings is 1. The minimum absolute atomic E-state index is 0.0882. The van der Waals surface area contributed by atoms with Gasteiger partial charge in [-0.1, -0.05) is 32.9 Å². The SMILES string of the molecule is Cc1cc(CCC(O)C(C)(C)C)ccc1F. The van der Waals surface area contributed by atoms with Crippen molar-refractivity contribution in [3.05, 3.63) is 35.1 Å². The van der Waals surface area contributed by atoms with Gasteiger partial charge in [-0.25, -0.2) is 4.39 Å². The van der Waals surface area contributed by atoms with Crippen LogP contribution in [0.25, 0.3) is 0 Å². The van der Waals surface area contributed by atoms with Crippen LogP contribution in [0, 0.1) is 18.2 Å². The Kier molecular flexibility index (Phi) is 4.09. The summed E-state index contributed by atoms with van der Waals surface area (Å²) in [6.45, 7) is 7.83. The summed E-state index contributed by atoms with van der Waals surface area (Å²) in [4.78, 5) is 0. The Bertz CT molecular complexity index is 352. The molecule has 1 aromatic carbocycles. The second-order valence-electron chi connectivity index (χ2n) is 5.50. The quantitative estimate of drug-likeness (QED) is 0.833. The van der Waals surface area contributed by atoms with Crippen LogP contribution in [0.4, 0.5) is 4.39 Å². The van der Waals surface area contributed by atoms with Crippen LogP contribution in [0.15, 0.2) is 18.2 Å². The Hall–Kier alpha value is -0.890. The van der Waals surface area contributed by atoms with Gasteiger partial charge >= 0.3 is 0 Å². The van der Waals surface area contributed by atoms with E-state index in [0.29, 0.717) is 12.0 Å². The lowest BCUT2D eigenvalue weighted by atomic mass is 9.85. The summed E-state index contributed by atoms with van der Waals surface area (Å²) in [5.41, 5.74) is 1.67. The molecule has 1 aromatic rings. The first-order chi connectivity index (χ1) is 7.30. The number of rotatable bonds is 3. The Morgan fingerprint density at radius 1 is 1.31 bits per heavy atom. The third kappa shape index (κ3) is 3.60. The second kappa shape index (κ2) is 4.96. The first-order valence-corrected chi connectivity index (χ1v) is 5.74. The molecule has 0 saturated carbocycles. The number of hydrogen-bond acceptors (Lipinski definition) is 1. The molecular weight excluding hydrogens is 203 g/mol. The standard InChI is InChI=1S/C14H21FO/c1-10-9-11(5-7-12(10)15)6-8-13(16)14(2,3)4/h5,7,9,13,16H,6,8H2,1-4H3. The van der Waals surface area contributed by atoms with Crippen LogP contribution in [-0.4, -0.2) is 11.2 Å². The van der Waals surface area contributed by atoms with Crippen molar-refractivity contribution < 1.29 is 9.50 Å². The Balaban J connectivity index is 2.58. The smallest absolute Gasteiger partial charge is 0.126 e. The van der Waals surface area contributed by atoms with Crippen LogP contribution >= 0.6 is 0 Å². The molecular formula is C14H21FO. The normalized spacial score (nSPS) is 13.9. The van der Waals surface area contributed by atoms with Gasteiger partial charge in [0.05, 0.1) is 6.10 Å². The van der Waals surface area contributed by atoms with Crippen LogP contribution in [0.1, 0.15) is 38.3 Å². The molecule has 1 nitrogen and oxygen atoms in total. The summed E-state index contributed by atoms with van der Waals surface area (Å²) < 4.78 is 13.0. The topological polar surface area (TPSA) is 20.2 Å². The lowest BCUT2D eigenvalue weighted by Gasteiger charge is -2.25. The van der Waals surface area contributed by atoms with Crippen molar-refractivity contribution in [1.29, 1.82) is 0 Å². The van der Waals surface area contributed by atoms with E-state index in [-0.39, 0.29) is 17.3 Å². The van der Waals surface area contributed by atoms with Gasteiger partial charge in [0.1, 0.15) is 5.82 Å². The van der Waals surface area contributed by atoms with E-state index < -0.39 is 0 Å². The highest BCUT2D eigenvalue weighted by atomic mass is 19.1. The molecule has 0 amide bonds. The predicted molar refractivity (Wildman–Crippen MR) is 64.9 cm³/mol. The molecule has 0 aliphatic heterocycles. The van der Waals surface area contributed by atoms with Crippen LogP contribution in [-0.2, 0) is 6.42 Å². The van der Waals surface area contributed by atoms with Gasteiger partial charge in [-0.2, -0.15) is 0 Å². The molecule has 0 fully saturated rings. The summed E-state index contributed by atoms with van der Waals surface area (Å²) in [6.07, 6.45) is 1.19. The monoisotopic (exact) mass is 224 g/mol. The van der Waals surface area contributed by atoms with E-state index in [1.165, 1.54) is 6.07 Å². The Morgan fingerprint density at radius 3 is 2.44 bits per heavy atom. The molecule has 0 aliphatic carbocycles. The maximum atomic E-state index is 13.0. The van der Waals surface area contributed by atoms with Gasteiger partial charge in [-0.3, -0.25) is 0 Å². The number of aliphatic hydroxyl groups is 1. The van der Waals surface area contributed by atoms with E-state index in [2.05, 4.69) is 0 Å². The average Bonchev–Trinajstić information content (AvgIpc) is 2.18. The summed E-state index contributed by atoms with van der Waals surface area (Å²) in [5, 5.41) is 9.90. The highest BCUT2D eigenvalue weighted by Gasteiger charge is 2.21. The van der Waals surface area contributed by atoms with E-state index in [0.717, 1.165) is 12.0 Å². The second-order valence-corrected chi connectivity index (χ2v) is 5.50. The van der Waals surface area contributed by atoms with E-state index in [1.807, 2.05) is 26.8 Å². The van der Waals surface area contributed by atoms with E-state index in [4.69, 9.17) is 0 Å². The van der Waals surface area contributed by atoms with Gasteiger partial charge < -0.3 is 5.11 Å². The zero-order valence-corrected chi connectivity index (χ0v) is 10.5. The summed E-state index contributed by atoms with van der Waals surface area (Å²) in [7, 11) is 0. The molecule has 1 rings (SSSR count).